The first-order valence-electron chi connectivity index (χ1n) is 13.6. The third kappa shape index (κ3) is 4.29. The number of aliphatic hydroxyl groups is 1. The molecule has 1 saturated carbocycles. The molecule has 2 aliphatic heterocycles. The summed E-state index contributed by atoms with van der Waals surface area (Å²) in [6, 6.07) is 8.00. The average Bonchev–Trinajstić information content (AvgIpc) is 3.15. The number of ether oxygens (including phenoxy) is 2. The molecule has 7 heteroatoms. The Balaban J connectivity index is 1.59. The topological polar surface area (TPSA) is 76.8 Å². The molecule has 198 valence electrons. The SMILES string of the molecule is C=C(O)c1ccc2c(C3CCCCC3)c3n(c2c1)CC(C(=O)N1CCO[C@@H](C)C1)=Cc1cc(OC)ncc1-3. The van der Waals surface area contributed by atoms with E-state index in [1.54, 1.807) is 7.11 Å². The van der Waals surface area contributed by atoms with Gasteiger partial charge >= 0.3 is 0 Å². The van der Waals surface area contributed by atoms with Gasteiger partial charge in [0.1, 0.15) is 5.76 Å². The van der Waals surface area contributed by atoms with E-state index in [9.17, 15) is 9.90 Å². The smallest absolute Gasteiger partial charge is 0.251 e. The second kappa shape index (κ2) is 9.95. The van der Waals surface area contributed by atoms with Crippen LogP contribution in [0, 0.1) is 0 Å². The molecule has 0 unspecified atom stereocenters. The van der Waals surface area contributed by atoms with Crippen molar-refractivity contribution in [3.05, 3.63) is 59.3 Å². The van der Waals surface area contributed by atoms with E-state index in [1.165, 1.54) is 30.2 Å². The summed E-state index contributed by atoms with van der Waals surface area (Å²) in [5.74, 6) is 1.02. The van der Waals surface area contributed by atoms with E-state index in [2.05, 4.69) is 22.2 Å². The zero-order valence-electron chi connectivity index (χ0n) is 22.2. The molecule has 6 rings (SSSR count). The molecule has 1 atom stereocenters. The van der Waals surface area contributed by atoms with Crippen LogP contribution in [-0.4, -0.2) is 58.4 Å². The summed E-state index contributed by atoms with van der Waals surface area (Å²) in [6.45, 7) is 7.89. The van der Waals surface area contributed by atoms with Crippen LogP contribution < -0.4 is 4.74 Å². The Hall–Kier alpha value is -3.58. The van der Waals surface area contributed by atoms with Gasteiger partial charge in [-0.05, 0) is 49.0 Å². The molecule has 4 heterocycles. The van der Waals surface area contributed by atoms with Gasteiger partial charge in [0.25, 0.3) is 5.91 Å². The second-order valence-electron chi connectivity index (χ2n) is 10.8. The molecule has 0 spiro atoms. The lowest BCUT2D eigenvalue weighted by Crippen LogP contribution is -2.45. The predicted molar refractivity (Wildman–Crippen MR) is 149 cm³/mol. The van der Waals surface area contributed by atoms with Gasteiger partial charge < -0.3 is 24.0 Å². The van der Waals surface area contributed by atoms with Gasteiger partial charge in [0.2, 0.25) is 5.88 Å². The van der Waals surface area contributed by atoms with Crippen LogP contribution in [0.25, 0.3) is 34.0 Å². The highest BCUT2D eigenvalue weighted by atomic mass is 16.5. The normalized spacial score (nSPS) is 19.9. The number of aromatic nitrogens is 2. The highest BCUT2D eigenvalue weighted by molar-refractivity contribution is 6.02. The van der Waals surface area contributed by atoms with Crippen molar-refractivity contribution in [3.63, 3.8) is 0 Å². The van der Waals surface area contributed by atoms with Gasteiger partial charge in [0.15, 0.2) is 0 Å². The maximum Gasteiger partial charge on any atom is 0.251 e. The molecule has 2 fully saturated rings. The minimum atomic E-state index is 0.00894. The van der Waals surface area contributed by atoms with Crippen molar-refractivity contribution in [3.8, 4) is 17.1 Å². The van der Waals surface area contributed by atoms with E-state index < -0.39 is 0 Å². The van der Waals surface area contributed by atoms with E-state index in [4.69, 9.17) is 9.47 Å². The minimum Gasteiger partial charge on any atom is -0.508 e. The van der Waals surface area contributed by atoms with Crippen LogP contribution >= 0.6 is 0 Å². The summed E-state index contributed by atoms with van der Waals surface area (Å²) < 4.78 is 13.5. The van der Waals surface area contributed by atoms with Crippen molar-refractivity contribution in [1.82, 2.24) is 14.5 Å². The molecule has 1 aliphatic carbocycles. The fraction of sp³-hybridized carbons (Fsp3) is 0.419. The summed E-state index contributed by atoms with van der Waals surface area (Å²) >= 11 is 0. The Labute approximate surface area is 223 Å². The van der Waals surface area contributed by atoms with E-state index in [-0.39, 0.29) is 17.8 Å². The molecule has 1 N–H and O–H groups in total. The maximum absolute atomic E-state index is 13.9. The van der Waals surface area contributed by atoms with Crippen molar-refractivity contribution in [2.75, 3.05) is 26.8 Å². The van der Waals surface area contributed by atoms with Gasteiger partial charge in [-0.15, -0.1) is 0 Å². The molecule has 3 aromatic rings. The molecule has 2 aromatic heterocycles. The fourth-order valence-corrected chi connectivity index (χ4v) is 6.43. The van der Waals surface area contributed by atoms with Crippen LogP contribution in [0.3, 0.4) is 0 Å². The van der Waals surface area contributed by atoms with Crippen LogP contribution in [0.15, 0.2) is 42.6 Å². The summed E-state index contributed by atoms with van der Waals surface area (Å²) in [5, 5.41) is 11.4. The van der Waals surface area contributed by atoms with Crippen LogP contribution in [0.1, 0.15) is 61.6 Å². The lowest BCUT2D eigenvalue weighted by atomic mass is 9.81. The summed E-state index contributed by atoms with van der Waals surface area (Å²) in [4.78, 5) is 20.4. The van der Waals surface area contributed by atoms with Crippen molar-refractivity contribution < 1.29 is 19.4 Å². The quantitative estimate of drug-likeness (QED) is 0.438. The lowest BCUT2D eigenvalue weighted by Gasteiger charge is -2.32. The number of amides is 1. The molecule has 3 aliphatic rings. The number of hydrogen-bond acceptors (Lipinski definition) is 5. The first-order valence-corrected chi connectivity index (χ1v) is 13.6. The molecule has 1 saturated heterocycles. The van der Waals surface area contributed by atoms with Crippen LogP contribution in [-0.2, 0) is 16.1 Å². The number of carbonyl (C=O) groups is 1. The fourth-order valence-electron chi connectivity index (χ4n) is 6.43. The highest BCUT2D eigenvalue weighted by Crippen LogP contribution is 2.47. The highest BCUT2D eigenvalue weighted by Gasteiger charge is 2.32. The van der Waals surface area contributed by atoms with Crippen molar-refractivity contribution >= 4 is 28.6 Å². The van der Waals surface area contributed by atoms with Gasteiger partial charge in [-0.25, -0.2) is 4.98 Å². The molecule has 1 aromatic carbocycles. The van der Waals surface area contributed by atoms with E-state index >= 15 is 0 Å². The van der Waals surface area contributed by atoms with Gasteiger partial charge in [-0.2, -0.15) is 0 Å². The van der Waals surface area contributed by atoms with Crippen LogP contribution in [0.2, 0.25) is 0 Å². The number of fused-ring (bicyclic) bond motifs is 5. The van der Waals surface area contributed by atoms with Gasteiger partial charge in [-0.3, -0.25) is 4.79 Å². The summed E-state index contributed by atoms with van der Waals surface area (Å²) in [5.41, 5.74) is 6.79. The molecule has 38 heavy (non-hydrogen) atoms. The largest absolute Gasteiger partial charge is 0.508 e. The number of carbonyl (C=O) groups excluding carboxylic acids is 1. The molecule has 0 radical (unpaired) electrons. The molecule has 1 amide bonds. The Morgan fingerprint density at radius 2 is 2.03 bits per heavy atom. The van der Waals surface area contributed by atoms with Crippen LogP contribution in [0.4, 0.5) is 0 Å². The number of aliphatic hydroxyl groups excluding tert-OH is 1. The van der Waals surface area contributed by atoms with E-state index in [1.807, 2.05) is 42.3 Å². The first kappa shape index (κ1) is 24.7. The van der Waals surface area contributed by atoms with Crippen molar-refractivity contribution in [1.29, 1.82) is 0 Å². The van der Waals surface area contributed by atoms with Gasteiger partial charge in [0.05, 0.1) is 32.1 Å². The maximum atomic E-state index is 13.9. The third-order valence-electron chi connectivity index (χ3n) is 8.29. The number of benzene rings is 1. The Morgan fingerprint density at radius 3 is 2.76 bits per heavy atom. The zero-order valence-corrected chi connectivity index (χ0v) is 22.2. The standard InChI is InChI=1S/C31H35N3O4/c1-19-17-33(11-12-38-19)31(36)24-13-23-15-28(37-3)32-16-26(23)30-29(21-7-5-4-6-8-21)25-10-9-22(20(2)35)14-27(25)34(30)18-24/h9-10,13-16,19,21,35H,2,4-8,11-12,17-18H2,1,3H3/t19-/m0/s1. The van der Waals surface area contributed by atoms with Crippen LogP contribution in [0.5, 0.6) is 5.88 Å². The number of hydrogen-bond donors (Lipinski definition) is 1. The number of nitrogens with zero attached hydrogens (tertiary/aromatic N) is 3. The molecular formula is C31H35N3O4. The monoisotopic (exact) mass is 513 g/mol. The third-order valence-corrected chi connectivity index (χ3v) is 8.29. The summed E-state index contributed by atoms with van der Waals surface area (Å²) in [7, 11) is 1.62. The van der Waals surface area contributed by atoms with Gasteiger partial charge in [0, 0.05) is 53.0 Å². The second-order valence-corrected chi connectivity index (χ2v) is 10.8. The predicted octanol–water partition coefficient (Wildman–Crippen LogP) is 5.93. The number of rotatable bonds is 4. The molecule has 0 bridgehead atoms. The zero-order chi connectivity index (χ0) is 26.4. The Morgan fingerprint density at radius 1 is 1.21 bits per heavy atom. The average molecular weight is 514 g/mol. The number of pyridine rings is 1. The van der Waals surface area contributed by atoms with Crippen molar-refractivity contribution in [2.24, 2.45) is 0 Å². The lowest BCUT2D eigenvalue weighted by molar-refractivity contribution is -0.134. The van der Waals surface area contributed by atoms with Gasteiger partial charge in [-0.1, -0.05) is 38.0 Å². The minimum absolute atomic E-state index is 0.00894. The number of methoxy groups -OCH3 is 1. The van der Waals surface area contributed by atoms with E-state index in [0.717, 1.165) is 35.2 Å². The summed E-state index contributed by atoms with van der Waals surface area (Å²) in [6.07, 6.45) is 9.90. The molecule has 7 nitrogen and oxygen atoms in total. The number of morpholine rings is 1. The Kier molecular flexibility index (Phi) is 6.48. The molecular weight excluding hydrogens is 478 g/mol. The van der Waals surface area contributed by atoms with Crippen molar-refractivity contribution in [2.45, 2.75) is 57.6 Å². The van der Waals surface area contributed by atoms with E-state index in [0.29, 0.717) is 49.2 Å². The Bertz CT molecular complexity index is 1450. The first-order chi connectivity index (χ1) is 18.4.